The minimum Gasteiger partial charge on any atom is -0.441 e. The molecule has 1 aliphatic heterocycles. The lowest BCUT2D eigenvalue weighted by Crippen LogP contribution is -2.40. The second-order valence-electron chi connectivity index (χ2n) is 8.65. The van der Waals surface area contributed by atoms with Crippen molar-refractivity contribution in [1.82, 2.24) is 9.55 Å². The number of aromatic nitrogens is 2. The molecule has 0 radical (unpaired) electrons. The maximum Gasteiger partial charge on any atom is 0.415 e. The number of hydrogen-bond acceptors (Lipinski definition) is 4. The molecule has 1 spiro atoms. The minimum absolute atomic E-state index is 0.244. The number of anilines is 1. The van der Waals surface area contributed by atoms with E-state index in [2.05, 4.69) is 15.6 Å². The maximum atomic E-state index is 12.7. The lowest BCUT2D eigenvalue weighted by atomic mass is 9.78. The summed E-state index contributed by atoms with van der Waals surface area (Å²) in [5, 5.41) is 9.21. The van der Waals surface area contributed by atoms with Crippen LogP contribution < -0.4 is 4.90 Å². The van der Waals surface area contributed by atoms with Crippen LogP contribution in [0.5, 0.6) is 0 Å². The molecule has 6 nitrogen and oxygen atoms in total. The summed E-state index contributed by atoms with van der Waals surface area (Å²) in [6.07, 6.45) is 5.50. The Morgan fingerprint density at radius 1 is 1.27 bits per heavy atom. The molecule has 1 saturated heterocycles. The largest absolute Gasteiger partial charge is 0.441 e. The minimum atomic E-state index is -0.418. The van der Waals surface area contributed by atoms with E-state index in [1.54, 1.807) is 11.0 Å². The highest BCUT2D eigenvalue weighted by Gasteiger charge is 2.48. The number of imidazole rings is 1. The van der Waals surface area contributed by atoms with Crippen LogP contribution >= 0.6 is 0 Å². The van der Waals surface area contributed by atoms with E-state index in [1.165, 1.54) is 5.56 Å². The van der Waals surface area contributed by atoms with Gasteiger partial charge in [0.1, 0.15) is 5.60 Å². The molecule has 1 saturated carbocycles. The number of ether oxygens (including phenoxy) is 1. The van der Waals surface area contributed by atoms with Crippen molar-refractivity contribution in [3.8, 4) is 6.07 Å². The smallest absolute Gasteiger partial charge is 0.415 e. The number of fused-ring (bicyclic) bond motifs is 1. The summed E-state index contributed by atoms with van der Waals surface area (Å²) in [7, 11) is 0. The summed E-state index contributed by atoms with van der Waals surface area (Å²) in [5.41, 5.74) is 4.18. The average molecular weight is 400 g/mol. The van der Waals surface area contributed by atoms with E-state index in [4.69, 9.17) is 4.74 Å². The van der Waals surface area contributed by atoms with E-state index in [9.17, 15) is 10.1 Å². The molecule has 30 heavy (non-hydrogen) atoms. The van der Waals surface area contributed by atoms with Crippen LogP contribution in [0, 0.1) is 24.2 Å². The first-order valence-electron chi connectivity index (χ1n) is 10.5. The number of nitriles is 1. The van der Waals surface area contributed by atoms with Gasteiger partial charge < -0.3 is 9.30 Å². The molecule has 0 N–H and O–H groups in total. The zero-order chi connectivity index (χ0) is 20.7. The van der Waals surface area contributed by atoms with Gasteiger partial charge in [0.15, 0.2) is 0 Å². The Morgan fingerprint density at radius 3 is 2.90 bits per heavy atom. The molecule has 2 atom stereocenters. The normalized spacial score (nSPS) is 23.7. The van der Waals surface area contributed by atoms with Crippen LogP contribution in [-0.2, 0) is 11.3 Å². The number of nitrogens with zero attached hydrogens (tertiary/aromatic N) is 4. The lowest BCUT2D eigenvalue weighted by Gasteiger charge is -2.36. The van der Waals surface area contributed by atoms with Crippen molar-refractivity contribution in [2.24, 2.45) is 5.92 Å². The van der Waals surface area contributed by atoms with Gasteiger partial charge in [-0.2, -0.15) is 5.26 Å². The third kappa shape index (κ3) is 3.30. The molecule has 6 heteroatoms. The van der Waals surface area contributed by atoms with E-state index >= 15 is 0 Å². The topological polar surface area (TPSA) is 71.2 Å². The summed E-state index contributed by atoms with van der Waals surface area (Å²) < 4.78 is 8.11. The van der Waals surface area contributed by atoms with Gasteiger partial charge >= 0.3 is 6.09 Å². The molecular weight excluding hydrogens is 376 g/mol. The Labute approximate surface area is 175 Å². The van der Waals surface area contributed by atoms with Crippen molar-refractivity contribution in [3.05, 3.63) is 59.9 Å². The number of aryl methyl sites for hydroxylation is 1. The van der Waals surface area contributed by atoms with Crippen LogP contribution in [0.3, 0.4) is 0 Å². The third-order valence-corrected chi connectivity index (χ3v) is 6.43. The number of rotatable bonds is 3. The van der Waals surface area contributed by atoms with Crippen LogP contribution in [0.2, 0.25) is 0 Å². The van der Waals surface area contributed by atoms with Gasteiger partial charge in [-0.3, -0.25) is 4.90 Å². The molecule has 5 rings (SSSR count). The molecule has 1 amide bonds. The molecule has 0 bridgehead atoms. The number of carbonyl (C=O) groups is 1. The maximum absolute atomic E-state index is 12.7. The predicted octanol–water partition coefficient (Wildman–Crippen LogP) is 4.80. The van der Waals surface area contributed by atoms with Crippen molar-refractivity contribution in [2.75, 3.05) is 11.4 Å². The number of hydrogen-bond donors (Lipinski definition) is 0. The Kier molecular flexibility index (Phi) is 4.47. The van der Waals surface area contributed by atoms with Crippen LogP contribution in [0.1, 0.15) is 36.8 Å². The lowest BCUT2D eigenvalue weighted by molar-refractivity contribution is 0.00439. The SMILES string of the molecule is Cc1ccc(N2C[C@@]3(CCC[C@H](Cn4cnc5ccc(C#N)cc54)C3)OC2=O)cc1. The van der Waals surface area contributed by atoms with E-state index in [-0.39, 0.29) is 6.09 Å². The predicted molar refractivity (Wildman–Crippen MR) is 114 cm³/mol. The monoisotopic (exact) mass is 400 g/mol. The van der Waals surface area contributed by atoms with Crippen LogP contribution in [0.15, 0.2) is 48.8 Å². The Bertz CT molecular complexity index is 1140. The van der Waals surface area contributed by atoms with Gasteiger partial charge in [-0.1, -0.05) is 17.7 Å². The Morgan fingerprint density at radius 2 is 2.10 bits per heavy atom. The van der Waals surface area contributed by atoms with Gasteiger partial charge in [0.25, 0.3) is 0 Å². The highest BCUT2D eigenvalue weighted by molar-refractivity contribution is 5.90. The fraction of sp³-hybridized carbons (Fsp3) is 0.375. The Hall–Kier alpha value is -3.33. The molecule has 2 aliphatic rings. The Balaban J connectivity index is 1.35. The third-order valence-electron chi connectivity index (χ3n) is 6.43. The van der Waals surface area contributed by atoms with Crippen molar-refractivity contribution in [2.45, 2.75) is 44.8 Å². The second kappa shape index (κ2) is 7.17. The summed E-state index contributed by atoms with van der Waals surface area (Å²) in [5.74, 6) is 0.396. The van der Waals surface area contributed by atoms with Crippen molar-refractivity contribution < 1.29 is 9.53 Å². The quantitative estimate of drug-likeness (QED) is 0.633. The zero-order valence-corrected chi connectivity index (χ0v) is 17.0. The second-order valence-corrected chi connectivity index (χ2v) is 8.65. The molecule has 0 unspecified atom stereocenters. The van der Waals surface area contributed by atoms with Crippen molar-refractivity contribution in [3.63, 3.8) is 0 Å². The molecule has 1 aliphatic carbocycles. The highest BCUT2D eigenvalue weighted by atomic mass is 16.6. The fourth-order valence-electron chi connectivity index (χ4n) is 4.93. The molecule has 1 aromatic heterocycles. The first-order valence-corrected chi connectivity index (χ1v) is 10.5. The van der Waals surface area contributed by atoms with Crippen LogP contribution in [0.4, 0.5) is 10.5 Å². The van der Waals surface area contributed by atoms with Crippen molar-refractivity contribution in [1.29, 1.82) is 5.26 Å². The summed E-state index contributed by atoms with van der Waals surface area (Å²) >= 11 is 0. The van der Waals surface area contributed by atoms with Crippen LogP contribution in [0.25, 0.3) is 11.0 Å². The molecule has 2 fully saturated rings. The molecular formula is C24H24N4O2. The average Bonchev–Trinajstić information content (AvgIpc) is 3.29. The first kappa shape index (κ1) is 18.7. The van der Waals surface area contributed by atoms with Gasteiger partial charge in [-0.15, -0.1) is 0 Å². The molecule has 3 aromatic rings. The summed E-state index contributed by atoms with van der Waals surface area (Å²) in [4.78, 5) is 18.9. The van der Waals surface area contributed by atoms with Gasteiger partial charge in [-0.25, -0.2) is 9.78 Å². The molecule has 2 heterocycles. The van der Waals surface area contributed by atoms with Gasteiger partial charge in [0, 0.05) is 12.2 Å². The molecule has 2 aromatic carbocycles. The number of carbonyl (C=O) groups excluding carboxylic acids is 1. The standard InChI is InChI=1S/C24H24N4O2/c1-17-4-7-20(8-5-17)28-15-24(30-23(28)29)10-2-3-19(12-24)14-27-16-26-21-9-6-18(13-25)11-22(21)27/h4-9,11,16,19H,2-3,10,12,14-15H2,1H3/t19-,24-/m0/s1. The molecule has 152 valence electrons. The summed E-state index contributed by atoms with van der Waals surface area (Å²) in [6, 6.07) is 15.8. The van der Waals surface area contributed by atoms with E-state index in [0.29, 0.717) is 18.0 Å². The van der Waals surface area contributed by atoms with Gasteiger partial charge in [-0.05, 0) is 68.9 Å². The number of amides is 1. The fourth-order valence-corrected chi connectivity index (χ4v) is 4.93. The summed E-state index contributed by atoms with van der Waals surface area (Å²) in [6.45, 7) is 3.46. The van der Waals surface area contributed by atoms with E-state index in [1.807, 2.05) is 49.6 Å². The highest BCUT2D eigenvalue weighted by Crippen LogP contribution is 2.42. The first-order chi connectivity index (χ1) is 14.5. The van der Waals surface area contributed by atoms with Gasteiger partial charge in [0.05, 0.1) is 35.5 Å². The van der Waals surface area contributed by atoms with Crippen LogP contribution in [-0.4, -0.2) is 27.8 Å². The van der Waals surface area contributed by atoms with Gasteiger partial charge in [0.2, 0.25) is 0 Å². The number of benzene rings is 2. The van der Waals surface area contributed by atoms with E-state index in [0.717, 1.165) is 48.9 Å². The van der Waals surface area contributed by atoms with E-state index < -0.39 is 5.60 Å². The van der Waals surface area contributed by atoms with Crippen molar-refractivity contribution >= 4 is 22.8 Å². The zero-order valence-electron chi connectivity index (χ0n) is 17.0.